The number of aromatic amines is 1. The number of aliphatic hydroxyl groups excluding tert-OH is 2. The number of H-pyrrole nitrogens is 1. The molecular formula is C23H35N5O7. The van der Waals surface area contributed by atoms with Crippen molar-refractivity contribution in [1.29, 1.82) is 0 Å². The zero-order valence-corrected chi connectivity index (χ0v) is 20.3. The molecule has 4 rings (SSSR count). The van der Waals surface area contributed by atoms with Gasteiger partial charge in [0.15, 0.2) is 23.9 Å². The van der Waals surface area contributed by atoms with Crippen LogP contribution in [0.2, 0.25) is 0 Å². The lowest BCUT2D eigenvalue weighted by molar-refractivity contribution is -0.165. The maximum absolute atomic E-state index is 13.0. The number of anilines is 1. The molecule has 0 aromatic carbocycles. The highest BCUT2D eigenvalue weighted by Crippen LogP contribution is 2.37. The SMILES string of the molecule is CCCN1C(=O)N2C[C@@H](CC(C)C)N=C2c2[nH]c(C3CCCC3)nc21.O=C(O)C(O)C(O)C(=O)O. The fraction of sp³-hybridized carbons (Fsp3) is 0.696. The van der Waals surface area contributed by atoms with Crippen molar-refractivity contribution < 1.29 is 34.8 Å². The van der Waals surface area contributed by atoms with Crippen LogP contribution in [-0.4, -0.2) is 90.4 Å². The second kappa shape index (κ2) is 11.2. The van der Waals surface area contributed by atoms with E-state index in [2.05, 4.69) is 25.8 Å². The first-order valence-electron chi connectivity index (χ1n) is 12.1. The Morgan fingerprint density at radius 1 is 1.11 bits per heavy atom. The van der Waals surface area contributed by atoms with Gasteiger partial charge in [-0.25, -0.2) is 19.4 Å². The van der Waals surface area contributed by atoms with E-state index in [1.165, 1.54) is 25.7 Å². The van der Waals surface area contributed by atoms with Crippen molar-refractivity contribution in [2.75, 3.05) is 18.0 Å². The number of fused-ring (bicyclic) bond motifs is 3. The molecule has 1 fully saturated rings. The number of aliphatic imine (C=N–C) groups is 1. The van der Waals surface area contributed by atoms with Crippen molar-refractivity contribution in [2.45, 2.75) is 83.5 Å². The van der Waals surface area contributed by atoms with E-state index in [1.54, 1.807) is 0 Å². The van der Waals surface area contributed by atoms with Gasteiger partial charge >= 0.3 is 18.0 Å². The number of nitrogens with zero attached hydrogens (tertiary/aromatic N) is 4. The average Bonchev–Trinajstić information content (AvgIpc) is 3.54. The normalized spacial score (nSPS) is 21.3. The van der Waals surface area contributed by atoms with E-state index in [4.69, 9.17) is 30.4 Å². The summed E-state index contributed by atoms with van der Waals surface area (Å²) in [6.07, 6.45) is 2.34. The van der Waals surface area contributed by atoms with Crippen LogP contribution in [0.5, 0.6) is 0 Å². The van der Waals surface area contributed by atoms with Gasteiger partial charge in [0, 0.05) is 12.5 Å². The molecule has 5 N–H and O–H groups in total. The van der Waals surface area contributed by atoms with Crippen molar-refractivity contribution >= 4 is 29.6 Å². The van der Waals surface area contributed by atoms with E-state index in [1.807, 2.05) is 9.80 Å². The first-order valence-corrected chi connectivity index (χ1v) is 12.1. The fourth-order valence-corrected chi connectivity index (χ4v) is 4.68. The van der Waals surface area contributed by atoms with Gasteiger partial charge in [0.1, 0.15) is 11.5 Å². The molecule has 0 radical (unpaired) electrons. The van der Waals surface area contributed by atoms with Crippen LogP contribution in [0.15, 0.2) is 4.99 Å². The minimum Gasteiger partial charge on any atom is -0.479 e. The highest BCUT2D eigenvalue weighted by atomic mass is 16.4. The Bertz CT molecular complexity index is 951. The number of amidine groups is 1. The number of carbonyl (C=O) groups excluding carboxylic acids is 1. The van der Waals surface area contributed by atoms with Gasteiger partial charge in [-0.2, -0.15) is 0 Å². The Morgan fingerprint density at radius 2 is 1.71 bits per heavy atom. The summed E-state index contributed by atoms with van der Waals surface area (Å²) in [5.74, 6) is 0.209. The summed E-state index contributed by atoms with van der Waals surface area (Å²) < 4.78 is 0. The molecule has 0 bridgehead atoms. The number of carbonyl (C=O) groups is 3. The van der Waals surface area contributed by atoms with Gasteiger partial charge < -0.3 is 25.4 Å². The number of aliphatic carboxylic acids is 2. The lowest BCUT2D eigenvalue weighted by atomic mass is 10.0. The number of urea groups is 1. The molecule has 1 saturated carbocycles. The number of hydrogen-bond donors (Lipinski definition) is 5. The molecule has 1 aliphatic carbocycles. The molecule has 194 valence electrons. The third kappa shape index (κ3) is 5.81. The molecule has 1 aromatic rings. The number of aliphatic hydroxyl groups is 2. The van der Waals surface area contributed by atoms with Crippen LogP contribution < -0.4 is 4.90 Å². The van der Waals surface area contributed by atoms with Crippen LogP contribution in [0.4, 0.5) is 10.6 Å². The quantitative estimate of drug-likeness (QED) is 0.363. The monoisotopic (exact) mass is 493 g/mol. The summed E-state index contributed by atoms with van der Waals surface area (Å²) in [7, 11) is 0. The van der Waals surface area contributed by atoms with Gasteiger partial charge in [0.25, 0.3) is 0 Å². The van der Waals surface area contributed by atoms with Gasteiger partial charge in [-0.3, -0.25) is 14.8 Å². The van der Waals surface area contributed by atoms with Crippen molar-refractivity contribution in [1.82, 2.24) is 14.9 Å². The summed E-state index contributed by atoms with van der Waals surface area (Å²) in [5, 5.41) is 32.5. The van der Waals surface area contributed by atoms with E-state index < -0.39 is 24.1 Å². The van der Waals surface area contributed by atoms with Crippen LogP contribution in [0, 0.1) is 5.92 Å². The van der Waals surface area contributed by atoms with Crippen LogP contribution in [0.25, 0.3) is 0 Å². The number of amides is 2. The number of rotatable bonds is 8. The van der Waals surface area contributed by atoms with E-state index in [-0.39, 0.29) is 12.1 Å². The molecule has 0 saturated heterocycles. The Labute approximate surface area is 203 Å². The topological polar surface area (TPSA) is 180 Å². The van der Waals surface area contributed by atoms with Crippen LogP contribution in [-0.2, 0) is 9.59 Å². The lowest BCUT2D eigenvalue weighted by Gasteiger charge is -2.32. The number of carboxylic acid groups (broad SMARTS) is 2. The Hall–Kier alpha value is -2.99. The van der Waals surface area contributed by atoms with Gasteiger partial charge in [0.05, 0.1) is 12.6 Å². The molecule has 2 aliphatic heterocycles. The van der Waals surface area contributed by atoms with Crippen molar-refractivity contribution in [3.8, 4) is 0 Å². The first kappa shape index (κ1) is 26.6. The molecule has 12 nitrogen and oxygen atoms in total. The predicted octanol–water partition coefficient (Wildman–Crippen LogP) is 1.77. The molecule has 2 amide bonds. The standard InChI is InChI=1S/C19H29N5O.C4H6O6/c1-4-9-23-18-15(21-16(22-18)13-7-5-6-8-13)17-20-14(10-12(2)3)11-24(17)19(23)25;5-1(3(7)8)2(6)4(9)10/h12-14H,4-11H2,1-3H3,(H,21,22);1-2,5-6H,(H,7,8)(H,9,10)/t14-;/m1./s1. The molecule has 35 heavy (non-hydrogen) atoms. The summed E-state index contributed by atoms with van der Waals surface area (Å²) >= 11 is 0. The van der Waals surface area contributed by atoms with Crippen LogP contribution in [0.1, 0.15) is 76.7 Å². The maximum Gasteiger partial charge on any atom is 0.335 e. The zero-order chi connectivity index (χ0) is 25.9. The minimum atomic E-state index is -2.27. The summed E-state index contributed by atoms with van der Waals surface area (Å²) in [4.78, 5) is 49.6. The van der Waals surface area contributed by atoms with E-state index in [0.717, 1.165) is 36.0 Å². The zero-order valence-electron chi connectivity index (χ0n) is 20.3. The molecule has 3 aliphatic rings. The second-order valence-electron chi connectivity index (χ2n) is 9.65. The van der Waals surface area contributed by atoms with E-state index in [9.17, 15) is 14.4 Å². The molecule has 0 spiro atoms. The summed E-state index contributed by atoms with van der Waals surface area (Å²) in [5.41, 5.74) is 0.959. The maximum atomic E-state index is 13.0. The van der Waals surface area contributed by atoms with Crippen molar-refractivity contribution in [3.05, 3.63) is 11.5 Å². The first-order chi connectivity index (χ1) is 16.5. The molecule has 12 heteroatoms. The number of imidazole rings is 1. The number of nitrogens with one attached hydrogen (secondary N) is 1. The smallest absolute Gasteiger partial charge is 0.335 e. The molecule has 3 atom stereocenters. The number of carboxylic acids is 2. The van der Waals surface area contributed by atoms with Gasteiger partial charge in [-0.15, -0.1) is 0 Å². The Morgan fingerprint density at radius 3 is 2.23 bits per heavy atom. The predicted molar refractivity (Wildman–Crippen MR) is 127 cm³/mol. The number of aromatic nitrogens is 2. The fourth-order valence-electron chi connectivity index (χ4n) is 4.68. The third-order valence-electron chi connectivity index (χ3n) is 6.34. The van der Waals surface area contributed by atoms with Gasteiger partial charge in [-0.1, -0.05) is 33.6 Å². The molecule has 1 aromatic heterocycles. The van der Waals surface area contributed by atoms with E-state index in [0.29, 0.717) is 24.9 Å². The Balaban J connectivity index is 0.000000292. The highest BCUT2D eigenvalue weighted by Gasteiger charge is 2.42. The molecular weight excluding hydrogens is 458 g/mol. The number of hydrogen-bond acceptors (Lipinski definition) is 7. The van der Waals surface area contributed by atoms with Crippen LogP contribution >= 0.6 is 0 Å². The second-order valence-corrected chi connectivity index (χ2v) is 9.65. The summed E-state index contributed by atoms with van der Waals surface area (Å²) in [6.45, 7) is 7.93. The minimum absolute atomic E-state index is 0.0452. The van der Waals surface area contributed by atoms with Crippen LogP contribution in [0.3, 0.4) is 0 Å². The molecule has 3 heterocycles. The lowest BCUT2D eigenvalue weighted by Crippen LogP contribution is -2.50. The Kier molecular flexibility index (Phi) is 8.49. The average molecular weight is 494 g/mol. The van der Waals surface area contributed by atoms with Gasteiger partial charge in [-0.05, 0) is 31.6 Å². The van der Waals surface area contributed by atoms with Crippen molar-refractivity contribution in [2.24, 2.45) is 10.9 Å². The third-order valence-corrected chi connectivity index (χ3v) is 6.34. The largest absolute Gasteiger partial charge is 0.479 e. The highest BCUT2D eigenvalue weighted by molar-refractivity contribution is 6.18. The summed E-state index contributed by atoms with van der Waals surface area (Å²) in [6, 6.07) is 0.246. The van der Waals surface area contributed by atoms with E-state index >= 15 is 0 Å². The molecule has 2 unspecified atom stereocenters. The van der Waals surface area contributed by atoms with Crippen molar-refractivity contribution in [3.63, 3.8) is 0 Å². The van der Waals surface area contributed by atoms with Gasteiger partial charge in [0.2, 0.25) is 0 Å².